The highest BCUT2D eigenvalue weighted by molar-refractivity contribution is 6.91. The van der Waals surface area contributed by atoms with Crippen molar-refractivity contribution in [3.63, 3.8) is 0 Å². The molecule has 2 aromatic rings. The molecular formula is C27H35Si. The van der Waals surface area contributed by atoms with Gasteiger partial charge in [0.05, 0.1) is 0 Å². The molecule has 1 atom stereocenters. The van der Waals surface area contributed by atoms with Crippen LogP contribution in [-0.2, 0) is 6.42 Å². The Balaban J connectivity index is 2.23. The van der Waals surface area contributed by atoms with Crippen molar-refractivity contribution in [2.24, 2.45) is 5.92 Å². The molecule has 0 nitrogen and oxygen atoms in total. The van der Waals surface area contributed by atoms with Gasteiger partial charge in [0.2, 0.25) is 0 Å². The largest absolute Gasteiger partial charge is 0.151 e. The number of hydrogen-bond acceptors (Lipinski definition) is 0. The van der Waals surface area contributed by atoms with Crippen LogP contribution in [0.15, 0.2) is 64.4 Å². The Labute approximate surface area is 174 Å². The van der Waals surface area contributed by atoms with Crippen molar-refractivity contribution in [2.45, 2.75) is 67.7 Å². The third-order valence-electron chi connectivity index (χ3n) is 6.51. The minimum absolute atomic E-state index is 0.550. The van der Waals surface area contributed by atoms with Crippen molar-refractivity contribution in [3.8, 4) is 0 Å². The molecule has 1 aliphatic carbocycles. The highest BCUT2D eigenvalue weighted by Gasteiger charge is 2.34. The minimum atomic E-state index is -1.01. The van der Waals surface area contributed by atoms with Gasteiger partial charge in [-0.25, -0.2) is 0 Å². The lowest BCUT2D eigenvalue weighted by Crippen LogP contribution is -2.47. The Morgan fingerprint density at radius 3 is 2.07 bits per heavy atom. The van der Waals surface area contributed by atoms with E-state index < -0.39 is 8.80 Å². The van der Waals surface area contributed by atoms with E-state index in [4.69, 9.17) is 0 Å². The van der Waals surface area contributed by atoms with Crippen LogP contribution in [0, 0.1) is 19.8 Å². The maximum atomic E-state index is 2.45. The first-order valence-corrected chi connectivity index (χ1v) is 12.3. The number of unbranched alkanes of at least 4 members (excludes halogenated alkanes) is 1. The molecule has 147 valence electrons. The molecule has 0 aromatic heterocycles. The van der Waals surface area contributed by atoms with Gasteiger partial charge in [0.25, 0.3) is 0 Å². The van der Waals surface area contributed by atoms with E-state index in [1.165, 1.54) is 36.0 Å². The van der Waals surface area contributed by atoms with E-state index in [2.05, 4.69) is 90.9 Å². The lowest BCUT2D eigenvalue weighted by atomic mass is 10.1. The van der Waals surface area contributed by atoms with Crippen molar-refractivity contribution < 1.29 is 0 Å². The zero-order valence-electron chi connectivity index (χ0n) is 18.7. The summed E-state index contributed by atoms with van der Waals surface area (Å²) in [4.78, 5) is 0. The molecule has 2 aromatic carbocycles. The molecule has 1 radical (unpaired) electrons. The van der Waals surface area contributed by atoms with Gasteiger partial charge in [-0.3, -0.25) is 0 Å². The normalized spacial score (nSPS) is 17.2. The minimum Gasteiger partial charge on any atom is -0.0654 e. The maximum Gasteiger partial charge on any atom is 0.151 e. The van der Waals surface area contributed by atoms with Gasteiger partial charge >= 0.3 is 0 Å². The summed E-state index contributed by atoms with van der Waals surface area (Å²) in [5.41, 5.74) is 8.95. The fraction of sp³-hybridized carbons (Fsp3) is 0.407. The molecule has 28 heavy (non-hydrogen) atoms. The standard InChI is InChI=1S/C27H35Si/c1-8-9-12-24-13-10-11-14-26(24)28(25-16-18(2)15-19(3)17-25)27-22(6)20(4)21(5)23(27)7/h10-11,13-17,22H,8-9,12H2,1-7H3. The van der Waals surface area contributed by atoms with Crippen LogP contribution in [0.5, 0.6) is 0 Å². The number of rotatable bonds is 6. The smallest absolute Gasteiger partial charge is 0.0654 e. The summed E-state index contributed by atoms with van der Waals surface area (Å²) >= 11 is 0. The van der Waals surface area contributed by atoms with Crippen molar-refractivity contribution in [1.82, 2.24) is 0 Å². The molecule has 0 heterocycles. The molecule has 0 aliphatic heterocycles. The Morgan fingerprint density at radius 1 is 0.857 bits per heavy atom. The lowest BCUT2D eigenvalue weighted by molar-refractivity contribution is 0.797. The van der Waals surface area contributed by atoms with E-state index in [0.29, 0.717) is 5.92 Å². The van der Waals surface area contributed by atoms with E-state index >= 15 is 0 Å². The third-order valence-corrected chi connectivity index (χ3v) is 9.75. The van der Waals surface area contributed by atoms with Gasteiger partial charge in [-0.2, -0.15) is 0 Å². The predicted molar refractivity (Wildman–Crippen MR) is 126 cm³/mol. The first-order chi connectivity index (χ1) is 13.3. The predicted octanol–water partition coefficient (Wildman–Crippen LogP) is 6.10. The molecular weight excluding hydrogens is 352 g/mol. The number of benzene rings is 2. The molecule has 0 bridgehead atoms. The van der Waals surface area contributed by atoms with Gasteiger partial charge in [0, 0.05) is 0 Å². The van der Waals surface area contributed by atoms with E-state index in [1.807, 2.05) is 0 Å². The van der Waals surface area contributed by atoms with E-state index in [9.17, 15) is 0 Å². The summed E-state index contributed by atoms with van der Waals surface area (Å²) in [6, 6.07) is 16.5. The number of hydrogen-bond donors (Lipinski definition) is 0. The van der Waals surface area contributed by atoms with Crippen molar-refractivity contribution in [1.29, 1.82) is 0 Å². The Morgan fingerprint density at radius 2 is 1.50 bits per heavy atom. The monoisotopic (exact) mass is 387 g/mol. The van der Waals surface area contributed by atoms with Crippen molar-refractivity contribution in [3.05, 3.63) is 81.1 Å². The topological polar surface area (TPSA) is 0 Å². The van der Waals surface area contributed by atoms with E-state index in [0.717, 1.165) is 0 Å². The quantitative estimate of drug-likeness (QED) is 0.526. The molecule has 0 fully saturated rings. The zero-order chi connectivity index (χ0) is 20.4. The molecule has 0 saturated carbocycles. The summed E-state index contributed by atoms with van der Waals surface area (Å²) in [6.07, 6.45) is 3.71. The van der Waals surface area contributed by atoms with Gasteiger partial charge in [0.15, 0.2) is 8.80 Å². The Bertz CT molecular complexity index is 909. The molecule has 0 saturated heterocycles. The van der Waals surface area contributed by atoms with Gasteiger partial charge in [-0.15, -0.1) is 0 Å². The van der Waals surface area contributed by atoms with Gasteiger partial charge in [0.1, 0.15) is 0 Å². The van der Waals surface area contributed by atoms with Crippen LogP contribution in [-0.4, -0.2) is 8.80 Å². The van der Waals surface area contributed by atoms with Crippen LogP contribution in [0.1, 0.15) is 64.2 Å². The SMILES string of the molecule is CCCCc1ccccc1[Si](C1=C(C)C(C)=C(C)C1C)c1cc(C)cc(C)c1. The van der Waals surface area contributed by atoms with Crippen LogP contribution in [0.4, 0.5) is 0 Å². The fourth-order valence-electron chi connectivity index (χ4n) is 4.69. The molecule has 0 N–H and O–H groups in total. The van der Waals surface area contributed by atoms with E-state index in [1.54, 1.807) is 32.3 Å². The molecule has 0 spiro atoms. The van der Waals surface area contributed by atoms with Gasteiger partial charge in [-0.05, 0) is 69.7 Å². The molecule has 1 heteroatoms. The number of allylic oxidation sites excluding steroid dienone is 4. The van der Waals surface area contributed by atoms with Crippen molar-refractivity contribution in [2.75, 3.05) is 0 Å². The fourth-order valence-corrected chi connectivity index (χ4v) is 8.35. The second-order valence-electron chi connectivity index (χ2n) is 8.58. The van der Waals surface area contributed by atoms with Crippen LogP contribution in [0.25, 0.3) is 0 Å². The van der Waals surface area contributed by atoms with Gasteiger partial charge in [-0.1, -0.05) is 95.4 Å². The first-order valence-electron chi connectivity index (χ1n) is 10.8. The maximum absolute atomic E-state index is 2.45. The summed E-state index contributed by atoms with van der Waals surface area (Å²) in [5.74, 6) is 0.550. The summed E-state index contributed by atoms with van der Waals surface area (Å²) < 4.78 is 0. The zero-order valence-corrected chi connectivity index (χ0v) is 19.7. The Kier molecular flexibility index (Phi) is 6.45. The van der Waals surface area contributed by atoms with Crippen LogP contribution in [0.3, 0.4) is 0 Å². The molecule has 3 rings (SSSR count). The lowest BCUT2D eigenvalue weighted by Gasteiger charge is -2.26. The highest BCUT2D eigenvalue weighted by Crippen LogP contribution is 2.38. The van der Waals surface area contributed by atoms with Crippen LogP contribution < -0.4 is 10.4 Å². The Hall–Kier alpha value is -1.86. The summed E-state index contributed by atoms with van der Waals surface area (Å²) in [5, 5.41) is 4.86. The van der Waals surface area contributed by atoms with Gasteiger partial charge < -0.3 is 0 Å². The van der Waals surface area contributed by atoms with Crippen LogP contribution >= 0.6 is 0 Å². The summed E-state index contributed by atoms with van der Waals surface area (Å²) in [7, 11) is -1.01. The molecule has 1 unspecified atom stereocenters. The second kappa shape index (κ2) is 8.65. The van der Waals surface area contributed by atoms with Crippen LogP contribution in [0.2, 0.25) is 0 Å². The molecule has 1 aliphatic rings. The first kappa shape index (κ1) is 20.9. The van der Waals surface area contributed by atoms with Crippen molar-refractivity contribution >= 4 is 19.2 Å². The average molecular weight is 388 g/mol. The average Bonchev–Trinajstić information content (AvgIpc) is 2.85. The molecule has 0 amide bonds. The van der Waals surface area contributed by atoms with E-state index in [-0.39, 0.29) is 0 Å². The number of aryl methyl sites for hydroxylation is 3. The third kappa shape index (κ3) is 3.96. The summed E-state index contributed by atoms with van der Waals surface area (Å²) in [6.45, 7) is 16.2. The highest BCUT2D eigenvalue weighted by atomic mass is 28.3. The second-order valence-corrected chi connectivity index (χ2v) is 11.0.